The molecule has 0 aromatic rings. The lowest BCUT2D eigenvalue weighted by molar-refractivity contribution is -0.152. The van der Waals surface area contributed by atoms with E-state index in [9.17, 15) is 19.5 Å². The van der Waals surface area contributed by atoms with Gasteiger partial charge in [0.2, 0.25) is 11.8 Å². The van der Waals surface area contributed by atoms with Crippen molar-refractivity contribution >= 4 is 17.8 Å². The molecule has 6 heteroatoms. The fraction of sp³-hybridized carbons (Fsp3) is 0.833. The van der Waals surface area contributed by atoms with Gasteiger partial charge in [-0.25, -0.2) is 0 Å². The van der Waals surface area contributed by atoms with Gasteiger partial charge in [-0.15, -0.1) is 0 Å². The smallest absolute Gasteiger partial charge is 0.311 e. The minimum atomic E-state index is -0.759. The van der Waals surface area contributed by atoms with Crippen LogP contribution in [-0.4, -0.2) is 58.9 Å². The van der Waals surface area contributed by atoms with Gasteiger partial charge in [-0.05, 0) is 31.6 Å². The van der Waals surface area contributed by atoms with Crippen molar-refractivity contribution in [1.29, 1.82) is 0 Å². The molecule has 134 valence electrons. The fourth-order valence-electron chi connectivity index (χ4n) is 4.64. The SMILES string of the molecule is O=C1CCCCCCN1CC(=O)N1C[C@H]2CCCC[C@@]2(C(=O)O)C1. The molecule has 2 atom stereocenters. The van der Waals surface area contributed by atoms with E-state index in [0.29, 0.717) is 32.5 Å². The highest BCUT2D eigenvalue weighted by Gasteiger charge is 2.54. The van der Waals surface area contributed by atoms with Gasteiger partial charge in [0.25, 0.3) is 0 Å². The molecule has 3 rings (SSSR count). The number of amides is 2. The van der Waals surface area contributed by atoms with Crippen LogP contribution in [-0.2, 0) is 14.4 Å². The Morgan fingerprint density at radius 3 is 2.67 bits per heavy atom. The van der Waals surface area contributed by atoms with E-state index in [1.54, 1.807) is 9.80 Å². The summed E-state index contributed by atoms with van der Waals surface area (Å²) in [7, 11) is 0. The van der Waals surface area contributed by atoms with Gasteiger partial charge in [-0.2, -0.15) is 0 Å². The maximum Gasteiger partial charge on any atom is 0.311 e. The van der Waals surface area contributed by atoms with Gasteiger partial charge in [-0.1, -0.05) is 25.7 Å². The molecule has 0 bridgehead atoms. The lowest BCUT2D eigenvalue weighted by Gasteiger charge is -2.34. The molecular formula is C18H28N2O4. The Kier molecular flexibility index (Phi) is 5.11. The van der Waals surface area contributed by atoms with Crippen molar-refractivity contribution in [3.8, 4) is 0 Å². The summed E-state index contributed by atoms with van der Waals surface area (Å²) in [6.07, 6.45) is 8.08. The molecule has 6 nitrogen and oxygen atoms in total. The van der Waals surface area contributed by atoms with E-state index in [0.717, 1.165) is 44.9 Å². The number of carboxylic acid groups (broad SMARTS) is 1. The topological polar surface area (TPSA) is 77.9 Å². The van der Waals surface area contributed by atoms with Gasteiger partial charge in [0.15, 0.2) is 0 Å². The zero-order valence-corrected chi connectivity index (χ0v) is 14.3. The Labute approximate surface area is 143 Å². The summed E-state index contributed by atoms with van der Waals surface area (Å²) in [5, 5.41) is 9.73. The highest BCUT2D eigenvalue weighted by molar-refractivity contribution is 5.86. The van der Waals surface area contributed by atoms with Crippen LogP contribution in [0, 0.1) is 11.3 Å². The zero-order chi connectivity index (χ0) is 17.2. The molecular weight excluding hydrogens is 308 g/mol. The fourth-order valence-corrected chi connectivity index (χ4v) is 4.64. The third-order valence-corrected chi connectivity index (χ3v) is 6.15. The van der Waals surface area contributed by atoms with E-state index in [-0.39, 0.29) is 24.3 Å². The number of carbonyl (C=O) groups excluding carboxylic acids is 2. The maximum absolute atomic E-state index is 12.7. The summed E-state index contributed by atoms with van der Waals surface area (Å²) >= 11 is 0. The second kappa shape index (κ2) is 7.11. The monoisotopic (exact) mass is 336 g/mol. The summed E-state index contributed by atoms with van der Waals surface area (Å²) in [6.45, 7) is 1.61. The first-order valence-electron chi connectivity index (χ1n) is 9.32. The van der Waals surface area contributed by atoms with E-state index >= 15 is 0 Å². The molecule has 3 aliphatic rings. The Hall–Kier alpha value is -1.59. The molecule has 24 heavy (non-hydrogen) atoms. The van der Waals surface area contributed by atoms with Crippen LogP contribution in [0.5, 0.6) is 0 Å². The summed E-state index contributed by atoms with van der Waals surface area (Å²) in [4.78, 5) is 40.1. The molecule has 2 heterocycles. The second-order valence-electron chi connectivity index (χ2n) is 7.66. The van der Waals surface area contributed by atoms with E-state index in [2.05, 4.69) is 0 Å². The molecule has 2 aliphatic heterocycles. The predicted octanol–water partition coefficient (Wildman–Crippen LogP) is 1.88. The van der Waals surface area contributed by atoms with Crippen molar-refractivity contribution in [1.82, 2.24) is 9.80 Å². The number of nitrogens with zero attached hydrogens (tertiary/aromatic N) is 2. The van der Waals surface area contributed by atoms with Crippen LogP contribution >= 0.6 is 0 Å². The van der Waals surface area contributed by atoms with Crippen LogP contribution in [0.4, 0.5) is 0 Å². The summed E-state index contributed by atoms with van der Waals surface area (Å²) in [6, 6.07) is 0. The summed E-state index contributed by atoms with van der Waals surface area (Å²) in [5.74, 6) is -0.716. The van der Waals surface area contributed by atoms with Crippen LogP contribution in [0.25, 0.3) is 0 Å². The van der Waals surface area contributed by atoms with Crippen molar-refractivity contribution in [3.05, 3.63) is 0 Å². The standard InChI is InChI=1S/C18H28N2O4/c21-15-8-3-1-2-6-10-19(15)12-16(22)20-11-14-7-4-5-9-18(14,13-20)17(23)24/h14H,1-13H2,(H,23,24)/t14-,18-/m1/s1. The lowest BCUT2D eigenvalue weighted by atomic mass is 9.68. The average molecular weight is 336 g/mol. The number of carboxylic acids is 1. The zero-order valence-electron chi connectivity index (χ0n) is 14.3. The Balaban J connectivity index is 1.65. The Bertz CT molecular complexity index is 521. The number of fused-ring (bicyclic) bond motifs is 1. The van der Waals surface area contributed by atoms with Crippen LogP contribution in [0.2, 0.25) is 0 Å². The molecule has 1 saturated carbocycles. The molecule has 0 aromatic carbocycles. The van der Waals surface area contributed by atoms with Gasteiger partial charge in [0, 0.05) is 26.1 Å². The molecule has 0 aromatic heterocycles. The lowest BCUT2D eigenvalue weighted by Crippen LogP contribution is -2.44. The molecule has 3 fully saturated rings. The van der Waals surface area contributed by atoms with Crippen molar-refractivity contribution in [2.45, 2.75) is 57.8 Å². The first-order valence-corrected chi connectivity index (χ1v) is 9.32. The number of rotatable bonds is 3. The maximum atomic E-state index is 12.7. The minimum Gasteiger partial charge on any atom is -0.481 e. The van der Waals surface area contributed by atoms with Gasteiger partial charge in [-0.3, -0.25) is 14.4 Å². The number of carbonyl (C=O) groups is 3. The number of likely N-dealkylation sites (tertiary alicyclic amines) is 2. The number of hydrogen-bond donors (Lipinski definition) is 1. The van der Waals surface area contributed by atoms with E-state index in [4.69, 9.17) is 0 Å². The second-order valence-corrected chi connectivity index (χ2v) is 7.66. The predicted molar refractivity (Wildman–Crippen MR) is 88.3 cm³/mol. The van der Waals surface area contributed by atoms with Gasteiger partial charge in [0.1, 0.15) is 0 Å². The molecule has 0 spiro atoms. The first kappa shape index (κ1) is 17.2. The number of hydrogen-bond acceptors (Lipinski definition) is 3. The summed E-state index contributed by atoms with van der Waals surface area (Å²) in [5.41, 5.74) is -0.756. The molecule has 1 aliphatic carbocycles. The molecule has 0 radical (unpaired) electrons. The van der Waals surface area contributed by atoms with Crippen LogP contribution in [0.15, 0.2) is 0 Å². The average Bonchev–Trinajstić information content (AvgIpc) is 2.95. The highest BCUT2D eigenvalue weighted by Crippen LogP contribution is 2.46. The quantitative estimate of drug-likeness (QED) is 0.853. The van der Waals surface area contributed by atoms with E-state index in [1.807, 2.05) is 0 Å². The van der Waals surface area contributed by atoms with Crippen molar-refractivity contribution in [3.63, 3.8) is 0 Å². The van der Waals surface area contributed by atoms with Gasteiger partial charge >= 0.3 is 5.97 Å². The third kappa shape index (κ3) is 3.28. The molecule has 2 amide bonds. The molecule has 0 unspecified atom stereocenters. The Morgan fingerprint density at radius 2 is 1.92 bits per heavy atom. The molecule has 1 N–H and O–H groups in total. The highest BCUT2D eigenvalue weighted by atomic mass is 16.4. The largest absolute Gasteiger partial charge is 0.481 e. The van der Waals surface area contributed by atoms with Crippen LogP contribution in [0.3, 0.4) is 0 Å². The van der Waals surface area contributed by atoms with Gasteiger partial charge < -0.3 is 14.9 Å². The molecule has 2 saturated heterocycles. The van der Waals surface area contributed by atoms with Crippen LogP contribution < -0.4 is 0 Å². The number of aliphatic carboxylic acids is 1. The van der Waals surface area contributed by atoms with Crippen LogP contribution in [0.1, 0.15) is 57.8 Å². The van der Waals surface area contributed by atoms with Crippen molar-refractivity contribution in [2.75, 3.05) is 26.2 Å². The third-order valence-electron chi connectivity index (χ3n) is 6.15. The first-order chi connectivity index (χ1) is 11.5. The normalized spacial score (nSPS) is 31.3. The van der Waals surface area contributed by atoms with Crippen molar-refractivity contribution < 1.29 is 19.5 Å². The minimum absolute atomic E-state index is 0.0626. The van der Waals surface area contributed by atoms with E-state index in [1.165, 1.54) is 0 Å². The van der Waals surface area contributed by atoms with Crippen molar-refractivity contribution in [2.24, 2.45) is 11.3 Å². The van der Waals surface area contributed by atoms with E-state index < -0.39 is 11.4 Å². The van der Waals surface area contributed by atoms with Gasteiger partial charge in [0.05, 0.1) is 12.0 Å². The summed E-state index contributed by atoms with van der Waals surface area (Å²) < 4.78 is 0. The Morgan fingerprint density at radius 1 is 1.12 bits per heavy atom.